The van der Waals surface area contributed by atoms with Gasteiger partial charge in [-0.1, -0.05) is 50.5 Å². The van der Waals surface area contributed by atoms with Crippen molar-refractivity contribution in [3.63, 3.8) is 0 Å². The number of likely N-dealkylation sites (tertiary alicyclic amines) is 1. The molecular formula is C19H32N4. The molecule has 4 heteroatoms. The molecule has 0 bridgehead atoms. The highest BCUT2D eigenvalue weighted by molar-refractivity contribution is 5.77. The fourth-order valence-corrected chi connectivity index (χ4v) is 3.02. The standard InChI is InChI=1S/C19H32N4/c1-2-3-12-21-19(20)22-15-17-10-6-7-11-18(17)16-23-13-8-4-5-9-14-23/h6-7,10-11H,2-5,8-9,12-16H2,1H3,(H3,20,21,22). The smallest absolute Gasteiger partial charge is 0.188 e. The molecule has 0 amide bonds. The summed E-state index contributed by atoms with van der Waals surface area (Å²) in [6.45, 7) is 7.22. The van der Waals surface area contributed by atoms with Gasteiger partial charge in [-0.3, -0.25) is 4.90 Å². The van der Waals surface area contributed by atoms with Gasteiger partial charge in [0.2, 0.25) is 0 Å². The Hall–Kier alpha value is -1.55. The zero-order valence-electron chi connectivity index (χ0n) is 14.6. The lowest BCUT2D eigenvalue weighted by molar-refractivity contribution is 0.276. The van der Waals surface area contributed by atoms with Crippen LogP contribution >= 0.6 is 0 Å². The van der Waals surface area contributed by atoms with E-state index in [-0.39, 0.29) is 0 Å². The van der Waals surface area contributed by atoms with Crippen molar-refractivity contribution in [2.75, 3.05) is 19.6 Å². The van der Waals surface area contributed by atoms with Crippen LogP contribution in [0.4, 0.5) is 0 Å². The second-order valence-electron chi connectivity index (χ2n) is 6.44. The number of aliphatic imine (C=N–C) groups is 1. The number of hydrogen-bond acceptors (Lipinski definition) is 2. The molecule has 0 unspecified atom stereocenters. The first-order chi connectivity index (χ1) is 11.3. The van der Waals surface area contributed by atoms with Crippen LogP contribution in [0.15, 0.2) is 29.3 Å². The average molecular weight is 316 g/mol. The maximum Gasteiger partial charge on any atom is 0.188 e. The summed E-state index contributed by atoms with van der Waals surface area (Å²) in [7, 11) is 0. The van der Waals surface area contributed by atoms with Crippen LogP contribution in [0.1, 0.15) is 56.6 Å². The summed E-state index contributed by atoms with van der Waals surface area (Å²) < 4.78 is 0. The predicted molar refractivity (Wildman–Crippen MR) is 98.4 cm³/mol. The molecule has 2 rings (SSSR count). The molecule has 1 saturated heterocycles. The van der Waals surface area contributed by atoms with E-state index < -0.39 is 0 Å². The SMILES string of the molecule is CCCCNC(N)=NCc1ccccc1CN1CCCCCC1. The van der Waals surface area contributed by atoms with E-state index in [2.05, 4.69) is 46.4 Å². The van der Waals surface area contributed by atoms with Crippen LogP contribution in [0.2, 0.25) is 0 Å². The number of hydrogen-bond donors (Lipinski definition) is 2. The lowest BCUT2D eigenvalue weighted by Gasteiger charge is -2.21. The maximum absolute atomic E-state index is 5.95. The van der Waals surface area contributed by atoms with Gasteiger partial charge in [-0.15, -0.1) is 0 Å². The minimum Gasteiger partial charge on any atom is -0.370 e. The van der Waals surface area contributed by atoms with Crippen molar-refractivity contribution >= 4 is 5.96 Å². The molecule has 3 N–H and O–H groups in total. The zero-order valence-corrected chi connectivity index (χ0v) is 14.6. The number of rotatable bonds is 7. The molecule has 1 aromatic rings. The van der Waals surface area contributed by atoms with E-state index in [0.717, 1.165) is 19.5 Å². The first-order valence-electron chi connectivity index (χ1n) is 9.12. The fourth-order valence-electron chi connectivity index (χ4n) is 3.02. The van der Waals surface area contributed by atoms with Gasteiger partial charge in [0.1, 0.15) is 0 Å². The first-order valence-corrected chi connectivity index (χ1v) is 9.12. The van der Waals surface area contributed by atoms with Crippen LogP contribution in [-0.2, 0) is 13.1 Å². The molecule has 1 aliphatic rings. The van der Waals surface area contributed by atoms with Gasteiger partial charge in [-0.2, -0.15) is 0 Å². The van der Waals surface area contributed by atoms with Crippen molar-refractivity contribution in [2.24, 2.45) is 10.7 Å². The summed E-state index contributed by atoms with van der Waals surface area (Å²) in [5, 5.41) is 3.18. The van der Waals surface area contributed by atoms with Gasteiger partial charge in [-0.25, -0.2) is 4.99 Å². The molecule has 1 heterocycles. The van der Waals surface area contributed by atoms with Crippen molar-refractivity contribution in [2.45, 2.75) is 58.5 Å². The second kappa shape index (κ2) is 10.3. The normalized spacial score (nSPS) is 17.0. The predicted octanol–water partition coefficient (Wildman–Crippen LogP) is 3.27. The third-order valence-electron chi connectivity index (χ3n) is 4.47. The molecule has 0 aliphatic carbocycles. The van der Waals surface area contributed by atoms with Gasteiger partial charge in [0, 0.05) is 13.1 Å². The Morgan fingerprint density at radius 2 is 1.83 bits per heavy atom. The van der Waals surface area contributed by atoms with Gasteiger partial charge in [0.05, 0.1) is 6.54 Å². The highest BCUT2D eigenvalue weighted by Crippen LogP contribution is 2.16. The van der Waals surface area contributed by atoms with E-state index >= 15 is 0 Å². The Kier molecular flexibility index (Phi) is 7.95. The van der Waals surface area contributed by atoms with Crippen molar-refractivity contribution in [3.8, 4) is 0 Å². The Morgan fingerprint density at radius 1 is 1.13 bits per heavy atom. The van der Waals surface area contributed by atoms with E-state index in [9.17, 15) is 0 Å². The van der Waals surface area contributed by atoms with Gasteiger partial charge >= 0.3 is 0 Å². The summed E-state index contributed by atoms with van der Waals surface area (Å²) in [5.41, 5.74) is 8.62. The molecule has 0 atom stereocenters. The van der Waals surface area contributed by atoms with Crippen LogP contribution in [0.3, 0.4) is 0 Å². The quantitative estimate of drug-likeness (QED) is 0.461. The van der Waals surface area contributed by atoms with Gasteiger partial charge in [0.25, 0.3) is 0 Å². The number of benzene rings is 1. The molecule has 0 radical (unpaired) electrons. The van der Waals surface area contributed by atoms with Crippen LogP contribution in [0.5, 0.6) is 0 Å². The topological polar surface area (TPSA) is 53.6 Å². The van der Waals surface area contributed by atoms with Crippen LogP contribution in [0, 0.1) is 0 Å². The van der Waals surface area contributed by atoms with E-state index in [4.69, 9.17) is 5.73 Å². The summed E-state index contributed by atoms with van der Waals surface area (Å²) >= 11 is 0. The minimum atomic E-state index is 0.558. The minimum absolute atomic E-state index is 0.558. The lowest BCUT2D eigenvalue weighted by Crippen LogP contribution is -2.32. The largest absolute Gasteiger partial charge is 0.370 e. The highest BCUT2D eigenvalue weighted by Gasteiger charge is 2.11. The third kappa shape index (κ3) is 6.61. The van der Waals surface area contributed by atoms with Crippen molar-refractivity contribution in [1.29, 1.82) is 0 Å². The summed E-state index contributed by atoms with van der Waals surface area (Å²) in [4.78, 5) is 7.09. The number of nitrogens with two attached hydrogens (primary N) is 1. The maximum atomic E-state index is 5.95. The summed E-state index contributed by atoms with van der Waals surface area (Å²) in [6.07, 6.45) is 7.70. The number of unbranched alkanes of at least 4 members (excludes halogenated alkanes) is 1. The first kappa shape index (κ1) is 17.8. The molecule has 23 heavy (non-hydrogen) atoms. The fraction of sp³-hybridized carbons (Fsp3) is 0.632. The highest BCUT2D eigenvalue weighted by atomic mass is 15.1. The number of guanidine groups is 1. The van der Waals surface area contributed by atoms with Gasteiger partial charge < -0.3 is 11.1 Å². The Morgan fingerprint density at radius 3 is 2.52 bits per heavy atom. The second-order valence-corrected chi connectivity index (χ2v) is 6.44. The lowest BCUT2D eigenvalue weighted by atomic mass is 10.1. The molecule has 0 spiro atoms. The van der Waals surface area contributed by atoms with Crippen molar-refractivity contribution in [1.82, 2.24) is 10.2 Å². The number of nitrogens with zero attached hydrogens (tertiary/aromatic N) is 2. The van der Waals surface area contributed by atoms with E-state index in [1.165, 1.54) is 56.3 Å². The number of nitrogens with one attached hydrogen (secondary N) is 1. The van der Waals surface area contributed by atoms with Crippen molar-refractivity contribution in [3.05, 3.63) is 35.4 Å². The van der Waals surface area contributed by atoms with Crippen LogP contribution in [0.25, 0.3) is 0 Å². The van der Waals surface area contributed by atoms with E-state index in [1.807, 2.05) is 0 Å². The van der Waals surface area contributed by atoms with E-state index in [1.54, 1.807) is 0 Å². The Balaban J connectivity index is 1.92. The average Bonchev–Trinajstić information content (AvgIpc) is 2.83. The molecule has 1 fully saturated rings. The van der Waals surface area contributed by atoms with E-state index in [0.29, 0.717) is 12.5 Å². The Bertz CT molecular complexity index is 476. The van der Waals surface area contributed by atoms with Gasteiger partial charge in [-0.05, 0) is 43.5 Å². The molecule has 4 nitrogen and oxygen atoms in total. The zero-order chi connectivity index (χ0) is 16.3. The van der Waals surface area contributed by atoms with Gasteiger partial charge in [0.15, 0.2) is 5.96 Å². The van der Waals surface area contributed by atoms with Crippen molar-refractivity contribution < 1.29 is 0 Å². The molecular weight excluding hydrogens is 284 g/mol. The monoisotopic (exact) mass is 316 g/mol. The van der Waals surface area contributed by atoms with Crippen LogP contribution < -0.4 is 11.1 Å². The molecule has 1 aliphatic heterocycles. The van der Waals surface area contributed by atoms with Crippen LogP contribution in [-0.4, -0.2) is 30.5 Å². The molecule has 128 valence electrons. The summed E-state index contributed by atoms with van der Waals surface area (Å²) in [5.74, 6) is 0.558. The molecule has 0 saturated carbocycles. The third-order valence-corrected chi connectivity index (χ3v) is 4.47. The molecule has 1 aromatic carbocycles. The molecule has 0 aromatic heterocycles. The Labute approximate surface area is 141 Å². The summed E-state index contributed by atoms with van der Waals surface area (Å²) in [6, 6.07) is 8.63.